The van der Waals surface area contributed by atoms with Gasteiger partial charge in [0.15, 0.2) is 0 Å². The third kappa shape index (κ3) is 3.42. The van der Waals surface area contributed by atoms with Crippen LogP contribution in [0.4, 0.5) is 0 Å². The van der Waals surface area contributed by atoms with Crippen LogP contribution >= 0.6 is 0 Å². The number of amides is 1. The zero-order valence-corrected chi connectivity index (χ0v) is 10.8. The van der Waals surface area contributed by atoms with E-state index in [0.717, 1.165) is 5.56 Å². The second-order valence-corrected chi connectivity index (χ2v) is 4.49. The molecule has 5 nitrogen and oxygen atoms in total. The molecule has 19 heavy (non-hydrogen) atoms. The summed E-state index contributed by atoms with van der Waals surface area (Å²) in [6, 6.07) is 11.2. The van der Waals surface area contributed by atoms with Crippen LogP contribution in [0.5, 0.6) is 0 Å². The lowest BCUT2D eigenvalue weighted by molar-refractivity contribution is 0.0911. The van der Waals surface area contributed by atoms with Gasteiger partial charge >= 0.3 is 0 Å². The molecule has 0 aliphatic rings. The van der Waals surface area contributed by atoms with E-state index in [9.17, 15) is 4.79 Å². The van der Waals surface area contributed by atoms with Gasteiger partial charge in [-0.3, -0.25) is 4.79 Å². The van der Waals surface area contributed by atoms with Crippen LogP contribution in [0.2, 0.25) is 0 Å². The number of nitrogens with two attached hydrogens (primary N) is 1. The van der Waals surface area contributed by atoms with Gasteiger partial charge in [0.2, 0.25) is 5.76 Å². The lowest BCUT2D eigenvalue weighted by atomic mass is 10.1. The van der Waals surface area contributed by atoms with Crippen LogP contribution in [0.3, 0.4) is 0 Å². The largest absolute Gasteiger partial charge is 0.350 e. The molecule has 1 aromatic carbocycles. The zero-order chi connectivity index (χ0) is 13.7. The standard InChI is InChI=1S/C14H17N3O2/c1-10(8-15)9-16-14(18)13-7-12(17-19-13)11-5-3-2-4-6-11/h2-7,10H,8-9,15H2,1H3,(H,16,18). The molecule has 0 saturated heterocycles. The molecule has 1 aromatic heterocycles. The lowest BCUT2D eigenvalue weighted by Crippen LogP contribution is -2.31. The molecular formula is C14H17N3O2. The quantitative estimate of drug-likeness (QED) is 0.855. The van der Waals surface area contributed by atoms with Gasteiger partial charge in [0, 0.05) is 18.2 Å². The zero-order valence-electron chi connectivity index (χ0n) is 10.8. The molecule has 0 radical (unpaired) electrons. The van der Waals surface area contributed by atoms with Crippen molar-refractivity contribution in [2.75, 3.05) is 13.1 Å². The predicted molar refractivity (Wildman–Crippen MR) is 72.5 cm³/mol. The lowest BCUT2D eigenvalue weighted by Gasteiger charge is -2.07. The number of aromatic nitrogens is 1. The third-order valence-corrected chi connectivity index (χ3v) is 2.82. The minimum atomic E-state index is -0.269. The van der Waals surface area contributed by atoms with Crippen molar-refractivity contribution in [2.24, 2.45) is 11.7 Å². The second kappa shape index (κ2) is 6.15. The molecule has 0 aliphatic carbocycles. The van der Waals surface area contributed by atoms with E-state index >= 15 is 0 Å². The van der Waals surface area contributed by atoms with Crippen molar-refractivity contribution in [1.82, 2.24) is 10.5 Å². The fraction of sp³-hybridized carbons (Fsp3) is 0.286. The van der Waals surface area contributed by atoms with E-state index in [0.29, 0.717) is 18.8 Å². The van der Waals surface area contributed by atoms with Gasteiger partial charge in [0.25, 0.3) is 5.91 Å². The van der Waals surface area contributed by atoms with Crippen molar-refractivity contribution in [2.45, 2.75) is 6.92 Å². The number of carbonyl (C=O) groups excluding carboxylic acids is 1. The highest BCUT2D eigenvalue weighted by Crippen LogP contribution is 2.18. The molecular weight excluding hydrogens is 242 g/mol. The summed E-state index contributed by atoms with van der Waals surface area (Å²) in [5.74, 6) is 0.179. The van der Waals surface area contributed by atoms with Crippen LogP contribution < -0.4 is 11.1 Å². The first-order valence-electron chi connectivity index (χ1n) is 6.21. The maximum absolute atomic E-state index is 11.8. The van der Waals surface area contributed by atoms with Gasteiger partial charge in [-0.2, -0.15) is 0 Å². The van der Waals surface area contributed by atoms with Crippen LogP contribution in [-0.2, 0) is 0 Å². The van der Waals surface area contributed by atoms with E-state index in [1.165, 1.54) is 0 Å². The first-order valence-corrected chi connectivity index (χ1v) is 6.21. The van der Waals surface area contributed by atoms with Crippen LogP contribution in [0.15, 0.2) is 40.9 Å². The van der Waals surface area contributed by atoms with E-state index < -0.39 is 0 Å². The SMILES string of the molecule is CC(CN)CNC(=O)c1cc(-c2ccccc2)no1. The normalized spacial score (nSPS) is 12.1. The predicted octanol–water partition coefficient (Wildman–Crippen LogP) is 1.67. The Labute approximate surface area is 111 Å². The van der Waals surface area contributed by atoms with E-state index in [-0.39, 0.29) is 17.6 Å². The number of hydrogen-bond acceptors (Lipinski definition) is 4. The molecule has 0 bridgehead atoms. The number of rotatable bonds is 5. The smallest absolute Gasteiger partial charge is 0.289 e. The number of hydrogen-bond donors (Lipinski definition) is 2. The summed E-state index contributed by atoms with van der Waals surface area (Å²) in [6.07, 6.45) is 0. The fourth-order valence-corrected chi connectivity index (χ4v) is 1.56. The molecule has 0 saturated carbocycles. The highest BCUT2D eigenvalue weighted by molar-refractivity contribution is 5.92. The molecule has 5 heteroatoms. The molecule has 1 amide bonds. The van der Waals surface area contributed by atoms with Crippen LogP contribution in [0, 0.1) is 5.92 Å². The minimum absolute atomic E-state index is 0.211. The molecule has 100 valence electrons. The molecule has 0 fully saturated rings. The minimum Gasteiger partial charge on any atom is -0.350 e. The third-order valence-electron chi connectivity index (χ3n) is 2.82. The molecule has 1 atom stereocenters. The molecule has 2 rings (SSSR count). The molecule has 3 N–H and O–H groups in total. The Morgan fingerprint density at radius 1 is 1.42 bits per heavy atom. The maximum Gasteiger partial charge on any atom is 0.289 e. The van der Waals surface area contributed by atoms with Crippen LogP contribution in [0.25, 0.3) is 11.3 Å². The van der Waals surface area contributed by atoms with Gasteiger partial charge in [-0.05, 0) is 12.5 Å². The Morgan fingerprint density at radius 3 is 2.84 bits per heavy atom. The first-order chi connectivity index (χ1) is 9.20. The van der Waals surface area contributed by atoms with Crippen molar-refractivity contribution >= 4 is 5.91 Å². The van der Waals surface area contributed by atoms with Crippen molar-refractivity contribution in [3.8, 4) is 11.3 Å². The monoisotopic (exact) mass is 259 g/mol. The number of nitrogens with one attached hydrogen (secondary N) is 1. The molecule has 1 heterocycles. The summed E-state index contributed by atoms with van der Waals surface area (Å²) in [4.78, 5) is 11.8. The second-order valence-electron chi connectivity index (χ2n) is 4.49. The molecule has 0 aliphatic heterocycles. The molecule has 2 aromatic rings. The van der Waals surface area contributed by atoms with Gasteiger partial charge < -0.3 is 15.6 Å². The summed E-state index contributed by atoms with van der Waals surface area (Å²) in [5.41, 5.74) is 7.06. The average Bonchev–Trinajstić information content (AvgIpc) is 2.95. The summed E-state index contributed by atoms with van der Waals surface area (Å²) < 4.78 is 5.05. The number of nitrogens with zero attached hydrogens (tertiary/aromatic N) is 1. The van der Waals surface area contributed by atoms with Crippen molar-refractivity contribution in [3.63, 3.8) is 0 Å². The Hall–Kier alpha value is -2.14. The Bertz CT molecular complexity index is 537. The van der Waals surface area contributed by atoms with Crippen LogP contribution in [0.1, 0.15) is 17.5 Å². The van der Waals surface area contributed by atoms with Gasteiger partial charge in [-0.1, -0.05) is 42.4 Å². The van der Waals surface area contributed by atoms with E-state index in [1.54, 1.807) is 6.07 Å². The van der Waals surface area contributed by atoms with E-state index in [1.807, 2.05) is 37.3 Å². The number of benzene rings is 1. The fourth-order valence-electron chi connectivity index (χ4n) is 1.56. The van der Waals surface area contributed by atoms with Crippen LogP contribution in [-0.4, -0.2) is 24.2 Å². The Morgan fingerprint density at radius 2 is 2.16 bits per heavy atom. The maximum atomic E-state index is 11.8. The first kappa shape index (κ1) is 13.3. The van der Waals surface area contributed by atoms with E-state index in [2.05, 4.69) is 10.5 Å². The van der Waals surface area contributed by atoms with Gasteiger partial charge in [-0.15, -0.1) is 0 Å². The summed E-state index contributed by atoms with van der Waals surface area (Å²) in [7, 11) is 0. The highest BCUT2D eigenvalue weighted by Gasteiger charge is 2.14. The van der Waals surface area contributed by atoms with Crippen molar-refractivity contribution < 1.29 is 9.32 Å². The highest BCUT2D eigenvalue weighted by atomic mass is 16.5. The topological polar surface area (TPSA) is 81.1 Å². The summed E-state index contributed by atoms with van der Waals surface area (Å²) in [6.45, 7) is 3.03. The van der Waals surface area contributed by atoms with Crippen molar-refractivity contribution in [3.05, 3.63) is 42.2 Å². The summed E-state index contributed by atoms with van der Waals surface area (Å²) in [5, 5.41) is 6.66. The van der Waals surface area contributed by atoms with Gasteiger partial charge in [0.05, 0.1) is 0 Å². The molecule has 0 spiro atoms. The Kier molecular flexibility index (Phi) is 4.30. The van der Waals surface area contributed by atoms with Gasteiger partial charge in [0.1, 0.15) is 5.69 Å². The molecule has 1 unspecified atom stereocenters. The van der Waals surface area contributed by atoms with E-state index in [4.69, 9.17) is 10.3 Å². The van der Waals surface area contributed by atoms with Gasteiger partial charge in [-0.25, -0.2) is 0 Å². The average molecular weight is 259 g/mol. The van der Waals surface area contributed by atoms with Crippen molar-refractivity contribution in [1.29, 1.82) is 0 Å². The number of carbonyl (C=O) groups is 1. The summed E-state index contributed by atoms with van der Waals surface area (Å²) >= 11 is 0. The Balaban J connectivity index is 2.03.